The molecule has 8 atom stereocenters. The van der Waals surface area contributed by atoms with Crippen molar-refractivity contribution in [3.05, 3.63) is 46.5 Å². The highest BCUT2D eigenvalue weighted by molar-refractivity contribution is 7.80. The lowest BCUT2D eigenvalue weighted by Gasteiger charge is -2.42. The maximum Gasteiger partial charge on any atom is 0.409 e. The molecule has 2 fully saturated rings. The molecule has 0 aromatic heterocycles. The van der Waals surface area contributed by atoms with Crippen LogP contribution in [0, 0.1) is 11.3 Å². The molecule has 0 spiro atoms. The summed E-state index contributed by atoms with van der Waals surface area (Å²) in [4.78, 5) is 56.6. The second-order valence-electron chi connectivity index (χ2n) is 14.9. The van der Waals surface area contributed by atoms with Gasteiger partial charge >= 0.3 is 12.1 Å². The van der Waals surface area contributed by atoms with Gasteiger partial charge in [0.25, 0.3) is 0 Å². The Balaban J connectivity index is 1.78. The molecule has 4 bridgehead atoms. The molecular weight excluding hydrogens is 714 g/mol. The SMILES string of the molecule is COc1cc2cc(c1Cl)N(C)C(=O)C[C@H](OC(=O)[C@H](C)N(C)C(=O)C(C)(C)CS)[C@]1(C)O[C@H]1[C@H](C)C1C[C@@](O)(NC(=O)O1)[C@H](OC)/C=C/C=C(\C)C2. The number of hydrogen-bond donors (Lipinski definition) is 3. The normalized spacial score (nSPS) is 31.9. The molecule has 0 saturated carbocycles. The van der Waals surface area contributed by atoms with E-state index >= 15 is 0 Å². The molecule has 15 heteroatoms. The fourth-order valence-corrected chi connectivity index (χ4v) is 7.17. The number of alkyl carbamates (subject to hydrolysis) is 1. The molecular formula is C37H52ClN3O10S. The quantitative estimate of drug-likeness (QED) is 0.206. The second-order valence-corrected chi connectivity index (χ2v) is 15.6. The first kappa shape index (κ1) is 41.5. The molecule has 288 valence electrons. The molecule has 3 aliphatic rings. The molecule has 0 radical (unpaired) electrons. The Morgan fingerprint density at radius 2 is 1.94 bits per heavy atom. The van der Waals surface area contributed by atoms with Gasteiger partial charge in [-0.1, -0.05) is 56.2 Å². The summed E-state index contributed by atoms with van der Waals surface area (Å²) in [5.74, 6) is -1.39. The topological polar surface area (TPSA) is 156 Å². The van der Waals surface area contributed by atoms with Crippen LogP contribution in [0.2, 0.25) is 5.02 Å². The Hall–Kier alpha value is -3.30. The van der Waals surface area contributed by atoms with E-state index in [4.69, 9.17) is 35.3 Å². The zero-order chi connectivity index (χ0) is 38.9. The lowest BCUT2D eigenvalue weighted by molar-refractivity contribution is -0.163. The van der Waals surface area contributed by atoms with Crippen molar-refractivity contribution in [3.8, 4) is 5.75 Å². The zero-order valence-electron chi connectivity index (χ0n) is 31.5. The summed E-state index contributed by atoms with van der Waals surface area (Å²) in [5.41, 5.74) is -1.77. The molecule has 2 N–H and O–H groups in total. The van der Waals surface area contributed by atoms with Crippen molar-refractivity contribution < 1.29 is 48.0 Å². The standard InChI is InChI=1S/C37H52ClN3O10S/c1-20-12-11-13-27(48-10)37(46)18-26(49-34(45)39-37)21(2)31-36(6,51-31)28(50-32(43)22(3)40(7)33(44)35(4,5)19-52)17-29(42)41(8)24-15-23(14-20)16-25(47-9)30(24)38/h11-13,15-16,21-22,26-28,31,46,52H,14,17-19H2,1-10H3,(H,39,45)/b13-11+,20-12+/t21-,22+,26?,27-,28+,31+,36+,37+/m1/s1. The predicted octanol–water partition coefficient (Wildman–Crippen LogP) is 4.47. The van der Waals surface area contributed by atoms with E-state index < -0.39 is 71.1 Å². The number of thiol groups is 1. The van der Waals surface area contributed by atoms with Crippen molar-refractivity contribution >= 4 is 53.8 Å². The summed E-state index contributed by atoms with van der Waals surface area (Å²) < 4.78 is 29.2. The van der Waals surface area contributed by atoms with Gasteiger partial charge in [-0.05, 0) is 44.9 Å². The number of rotatable bonds is 7. The van der Waals surface area contributed by atoms with Crippen LogP contribution in [-0.4, -0.2) is 110 Å². The monoisotopic (exact) mass is 765 g/mol. The van der Waals surface area contributed by atoms with Crippen LogP contribution in [0.1, 0.15) is 59.9 Å². The Kier molecular flexibility index (Phi) is 12.7. The minimum absolute atomic E-state index is 0.0531. The molecule has 52 heavy (non-hydrogen) atoms. The number of carbonyl (C=O) groups is 4. The van der Waals surface area contributed by atoms with E-state index in [-0.39, 0.29) is 29.5 Å². The Morgan fingerprint density at radius 3 is 2.56 bits per heavy atom. The summed E-state index contributed by atoms with van der Waals surface area (Å²) in [6.07, 6.45) is 0.902. The van der Waals surface area contributed by atoms with E-state index in [9.17, 15) is 24.3 Å². The number of fused-ring (bicyclic) bond motifs is 5. The number of amides is 3. The third-order valence-electron chi connectivity index (χ3n) is 10.4. The maximum absolute atomic E-state index is 14.1. The highest BCUT2D eigenvalue weighted by atomic mass is 35.5. The number of nitrogens with one attached hydrogen (secondary N) is 1. The third kappa shape index (κ3) is 8.57. The summed E-state index contributed by atoms with van der Waals surface area (Å²) in [6, 6.07) is 2.57. The molecule has 3 amide bonds. The van der Waals surface area contributed by atoms with Gasteiger partial charge in [0.15, 0.2) is 5.72 Å². The van der Waals surface area contributed by atoms with Gasteiger partial charge in [-0.3, -0.25) is 14.9 Å². The van der Waals surface area contributed by atoms with Gasteiger partial charge in [0.2, 0.25) is 11.8 Å². The van der Waals surface area contributed by atoms with Crippen molar-refractivity contribution in [1.82, 2.24) is 10.2 Å². The zero-order valence-corrected chi connectivity index (χ0v) is 33.2. The molecule has 4 rings (SSSR count). The van der Waals surface area contributed by atoms with Gasteiger partial charge in [0.1, 0.15) is 40.7 Å². The number of ether oxygens (including phenoxy) is 5. The lowest BCUT2D eigenvalue weighted by Crippen LogP contribution is -2.63. The Labute approximate surface area is 316 Å². The van der Waals surface area contributed by atoms with Gasteiger partial charge in [-0.25, -0.2) is 9.59 Å². The van der Waals surface area contributed by atoms with Crippen LogP contribution in [0.4, 0.5) is 10.5 Å². The van der Waals surface area contributed by atoms with Crippen LogP contribution in [0.5, 0.6) is 5.75 Å². The molecule has 1 aromatic rings. The minimum atomic E-state index is -1.83. The second kappa shape index (κ2) is 16.0. The summed E-state index contributed by atoms with van der Waals surface area (Å²) in [6.45, 7) is 10.4. The average Bonchev–Trinajstić information content (AvgIpc) is 3.79. The third-order valence-corrected chi connectivity index (χ3v) is 11.6. The summed E-state index contributed by atoms with van der Waals surface area (Å²) >= 11 is 11.0. The number of likely N-dealkylation sites (N-methyl/N-ethyl adjacent to an activating group) is 1. The first-order chi connectivity index (χ1) is 24.2. The maximum atomic E-state index is 14.1. The average molecular weight is 766 g/mol. The molecule has 1 aromatic carbocycles. The van der Waals surface area contributed by atoms with E-state index in [1.165, 1.54) is 31.1 Å². The van der Waals surface area contributed by atoms with E-state index in [2.05, 4.69) is 17.9 Å². The van der Waals surface area contributed by atoms with Crippen LogP contribution in [0.25, 0.3) is 0 Å². The van der Waals surface area contributed by atoms with Gasteiger partial charge < -0.3 is 38.6 Å². The lowest BCUT2D eigenvalue weighted by atomic mass is 9.83. The van der Waals surface area contributed by atoms with E-state index in [1.807, 2.05) is 13.0 Å². The van der Waals surface area contributed by atoms with Crippen molar-refractivity contribution in [3.63, 3.8) is 0 Å². The van der Waals surface area contributed by atoms with Gasteiger partial charge in [0, 0.05) is 39.3 Å². The van der Waals surface area contributed by atoms with Crippen molar-refractivity contribution in [1.29, 1.82) is 0 Å². The highest BCUT2D eigenvalue weighted by Crippen LogP contribution is 2.49. The van der Waals surface area contributed by atoms with Crippen molar-refractivity contribution in [2.24, 2.45) is 11.3 Å². The number of nitrogens with zero attached hydrogens (tertiary/aromatic N) is 2. The smallest absolute Gasteiger partial charge is 0.409 e. The number of anilines is 1. The number of epoxide rings is 1. The number of benzene rings is 1. The molecule has 2 saturated heterocycles. The van der Waals surface area contributed by atoms with Crippen molar-refractivity contribution in [2.45, 2.75) is 103 Å². The number of aliphatic hydroxyl groups is 1. The van der Waals surface area contributed by atoms with Crippen molar-refractivity contribution in [2.75, 3.05) is 39.0 Å². The fraction of sp³-hybridized carbons (Fsp3) is 0.622. The number of methoxy groups -OCH3 is 2. The molecule has 3 aliphatic heterocycles. The number of esters is 1. The first-order valence-electron chi connectivity index (χ1n) is 17.2. The molecule has 13 nitrogen and oxygen atoms in total. The summed E-state index contributed by atoms with van der Waals surface area (Å²) in [7, 11) is 6.00. The largest absolute Gasteiger partial charge is 0.495 e. The highest BCUT2D eigenvalue weighted by Gasteiger charge is 2.64. The minimum Gasteiger partial charge on any atom is -0.495 e. The molecule has 1 unspecified atom stereocenters. The predicted molar refractivity (Wildman–Crippen MR) is 199 cm³/mol. The number of carbonyl (C=O) groups excluding carboxylic acids is 4. The summed E-state index contributed by atoms with van der Waals surface area (Å²) in [5, 5.41) is 14.5. The van der Waals surface area contributed by atoms with E-state index in [0.29, 0.717) is 17.9 Å². The van der Waals surface area contributed by atoms with E-state index in [1.54, 1.807) is 66.0 Å². The van der Waals surface area contributed by atoms with Gasteiger partial charge in [0.05, 0.1) is 30.7 Å². The van der Waals surface area contributed by atoms with Crippen LogP contribution in [0.3, 0.4) is 0 Å². The first-order valence-corrected chi connectivity index (χ1v) is 18.2. The Morgan fingerprint density at radius 1 is 1.27 bits per heavy atom. The van der Waals surface area contributed by atoms with Gasteiger partial charge in [-0.2, -0.15) is 12.6 Å². The van der Waals surface area contributed by atoms with Crippen LogP contribution in [0.15, 0.2) is 35.9 Å². The van der Waals surface area contributed by atoms with Crippen LogP contribution in [-0.2, 0) is 39.8 Å². The van der Waals surface area contributed by atoms with Gasteiger partial charge in [-0.15, -0.1) is 0 Å². The Bertz CT molecular complexity index is 1620. The fourth-order valence-electron chi connectivity index (χ4n) is 6.72. The number of hydrogen-bond acceptors (Lipinski definition) is 11. The number of allylic oxidation sites excluding steroid dienone is 3. The van der Waals surface area contributed by atoms with Crippen LogP contribution < -0.4 is 15.0 Å². The van der Waals surface area contributed by atoms with E-state index in [0.717, 1.165) is 11.1 Å². The number of halogens is 1. The van der Waals surface area contributed by atoms with Crippen LogP contribution >= 0.6 is 24.2 Å². The molecule has 0 aliphatic carbocycles. The molecule has 3 heterocycles.